The first-order chi connectivity index (χ1) is 12.5. The maximum atomic E-state index is 13.2. The van der Waals surface area contributed by atoms with Crippen molar-refractivity contribution in [3.05, 3.63) is 65.2 Å². The normalized spacial score (nSPS) is 13.7. The summed E-state index contributed by atoms with van der Waals surface area (Å²) in [4.78, 5) is 39.8. The van der Waals surface area contributed by atoms with E-state index in [4.69, 9.17) is 5.73 Å². The lowest BCUT2D eigenvalue weighted by Gasteiger charge is -2.28. The predicted molar refractivity (Wildman–Crippen MR) is 98.8 cm³/mol. The third-order valence-electron chi connectivity index (χ3n) is 4.57. The molecular formula is C20H21N3O3. The number of benzene rings is 2. The van der Waals surface area contributed by atoms with Crippen molar-refractivity contribution in [1.29, 1.82) is 0 Å². The Morgan fingerprint density at radius 2 is 1.81 bits per heavy atom. The van der Waals surface area contributed by atoms with Crippen LogP contribution >= 0.6 is 0 Å². The van der Waals surface area contributed by atoms with Gasteiger partial charge in [0.15, 0.2) is 0 Å². The Kier molecular flexibility index (Phi) is 5.02. The summed E-state index contributed by atoms with van der Waals surface area (Å²) in [5.74, 6) is -0.668. The average molecular weight is 351 g/mol. The number of nitrogens with zero attached hydrogens (tertiary/aromatic N) is 2. The maximum Gasteiger partial charge on any atom is 0.260 e. The largest absolute Gasteiger partial charge is 0.366 e. The Morgan fingerprint density at radius 3 is 2.38 bits per heavy atom. The molecule has 1 aliphatic heterocycles. The van der Waals surface area contributed by atoms with E-state index in [2.05, 4.69) is 0 Å². The second-order valence-electron chi connectivity index (χ2n) is 6.36. The molecule has 134 valence electrons. The number of hydrogen-bond donors (Lipinski definition) is 1. The fraction of sp³-hybridized carbons (Fsp3) is 0.250. The van der Waals surface area contributed by atoms with Crippen LogP contribution in [0.4, 0.5) is 5.69 Å². The van der Waals surface area contributed by atoms with Gasteiger partial charge < -0.3 is 10.6 Å². The van der Waals surface area contributed by atoms with Gasteiger partial charge in [-0.25, -0.2) is 0 Å². The van der Waals surface area contributed by atoms with Crippen molar-refractivity contribution < 1.29 is 14.4 Å². The number of amides is 3. The van der Waals surface area contributed by atoms with Gasteiger partial charge in [0, 0.05) is 29.8 Å². The lowest BCUT2D eigenvalue weighted by molar-refractivity contribution is -0.127. The first-order valence-electron chi connectivity index (χ1n) is 8.52. The molecule has 1 fully saturated rings. The van der Waals surface area contributed by atoms with E-state index in [1.165, 1.54) is 0 Å². The second-order valence-corrected chi connectivity index (χ2v) is 6.36. The molecule has 0 bridgehead atoms. The summed E-state index contributed by atoms with van der Waals surface area (Å²) in [6.45, 7) is 2.69. The Bertz CT molecular complexity index is 846. The van der Waals surface area contributed by atoms with Gasteiger partial charge in [0.25, 0.3) is 5.91 Å². The lowest BCUT2D eigenvalue weighted by atomic mass is 10.1. The molecule has 0 spiro atoms. The van der Waals surface area contributed by atoms with Crippen LogP contribution in [0.2, 0.25) is 0 Å². The molecule has 2 aromatic carbocycles. The lowest BCUT2D eigenvalue weighted by Crippen LogP contribution is -2.42. The topological polar surface area (TPSA) is 83.7 Å². The van der Waals surface area contributed by atoms with E-state index in [9.17, 15) is 14.4 Å². The molecule has 2 N–H and O–H groups in total. The molecule has 0 saturated carbocycles. The van der Waals surface area contributed by atoms with Crippen molar-refractivity contribution in [2.75, 3.05) is 18.1 Å². The van der Waals surface area contributed by atoms with Crippen molar-refractivity contribution in [3.63, 3.8) is 0 Å². The molecule has 2 aromatic rings. The summed E-state index contributed by atoms with van der Waals surface area (Å²) in [6, 6.07) is 13.9. The van der Waals surface area contributed by atoms with Gasteiger partial charge in [0.2, 0.25) is 11.8 Å². The van der Waals surface area contributed by atoms with Crippen LogP contribution in [-0.4, -0.2) is 35.8 Å². The van der Waals surface area contributed by atoms with Gasteiger partial charge in [-0.15, -0.1) is 0 Å². The zero-order chi connectivity index (χ0) is 18.7. The molecular weight excluding hydrogens is 330 g/mol. The number of primary amides is 1. The zero-order valence-corrected chi connectivity index (χ0v) is 14.6. The molecule has 0 radical (unpaired) electrons. The molecule has 0 aromatic heterocycles. The Hall–Kier alpha value is -3.15. The third-order valence-corrected chi connectivity index (χ3v) is 4.57. The van der Waals surface area contributed by atoms with Crippen LogP contribution in [0.3, 0.4) is 0 Å². The Morgan fingerprint density at radius 1 is 1.12 bits per heavy atom. The van der Waals surface area contributed by atoms with Gasteiger partial charge in [-0.1, -0.05) is 18.2 Å². The fourth-order valence-electron chi connectivity index (χ4n) is 3.05. The van der Waals surface area contributed by atoms with E-state index in [0.717, 1.165) is 12.0 Å². The molecule has 1 saturated heterocycles. The number of carbonyl (C=O) groups excluding carboxylic acids is 3. The van der Waals surface area contributed by atoms with Crippen LogP contribution < -0.4 is 10.6 Å². The number of likely N-dealkylation sites (tertiary alicyclic amines) is 1. The molecule has 3 rings (SSSR count). The van der Waals surface area contributed by atoms with Crippen LogP contribution in [0.1, 0.15) is 39.1 Å². The summed E-state index contributed by atoms with van der Waals surface area (Å²) in [5, 5.41) is 0. The Labute approximate surface area is 152 Å². The first-order valence-corrected chi connectivity index (χ1v) is 8.52. The van der Waals surface area contributed by atoms with E-state index >= 15 is 0 Å². The highest BCUT2D eigenvalue weighted by atomic mass is 16.2. The summed E-state index contributed by atoms with van der Waals surface area (Å²) < 4.78 is 0. The SMILES string of the molecule is Cc1ccccc1C(=O)N(CN1CCCC1=O)c1ccc(C(N)=O)cc1. The average Bonchev–Trinajstić information content (AvgIpc) is 3.04. The molecule has 26 heavy (non-hydrogen) atoms. The highest BCUT2D eigenvalue weighted by Crippen LogP contribution is 2.22. The van der Waals surface area contributed by atoms with Crippen LogP contribution in [0.15, 0.2) is 48.5 Å². The quantitative estimate of drug-likeness (QED) is 0.897. The minimum Gasteiger partial charge on any atom is -0.366 e. The van der Waals surface area contributed by atoms with Gasteiger partial charge in [0.1, 0.15) is 6.67 Å². The van der Waals surface area contributed by atoms with Gasteiger partial charge >= 0.3 is 0 Å². The fourth-order valence-corrected chi connectivity index (χ4v) is 3.05. The van der Waals surface area contributed by atoms with Gasteiger partial charge in [-0.3, -0.25) is 19.3 Å². The number of carbonyl (C=O) groups is 3. The molecule has 1 aliphatic rings. The van der Waals surface area contributed by atoms with Crippen LogP contribution in [0.25, 0.3) is 0 Å². The van der Waals surface area contributed by atoms with Crippen LogP contribution in [0, 0.1) is 6.92 Å². The molecule has 3 amide bonds. The standard InChI is InChI=1S/C20H21N3O3/c1-14-5-2-3-6-17(14)20(26)23(13-22-12-4-7-18(22)24)16-10-8-15(9-11-16)19(21)25/h2-3,5-6,8-11H,4,7,12-13H2,1H3,(H2,21,25). The number of anilines is 1. The Balaban J connectivity index is 1.95. The van der Waals surface area contributed by atoms with Crippen LogP contribution in [0.5, 0.6) is 0 Å². The van der Waals surface area contributed by atoms with E-state index in [-0.39, 0.29) is 18.5 Å². The summed E-state index contributed by atoms with van der Waals surface area (Å²) in [7, 11) is 0. The minimum absolute atomic E-state index is 0.0429. The highest BCUT2D eigenvalue weighted by Gasteiger charge is 2.27. The molecule has 1 heterocycles. The molecule has 6 heteroatoms. The van der Waals surface area contributed by atoms with Crippen molar-refractivity contribution in [2.45, 2.75) is 19.8 Å². The zero-order valence-electron chi connectivity index (χ0n) is 14.6. The van der Waals surface area contributed by atoms with Crippen molar-refractivity contribution >= 4 is 23.4 Å². The number of aryl methyl sites for hydroxylation is 1. The van der Waals surface area contributed by atoms with Crippen molar-refractivity contribution in [2.24, 2.45) is 5.73 Å². The highest BCUT2D eigenvalue weighted by molar-refractivity contribution is 6.07. The van der Waals surface area contributed by atoms with Gasteiger partial charge in [-0.05, 0) is 49.2 Å². The molecule has 0 unspecified atom stereocenters. The predicted octanol–water partition coefficient (Wildman–Crippen LogP) is 2.32. The van der Waals surface area contributed by atoms with Crippen molar-refractivity contribution in [1.82, 2.24) is 4.90 Å². The summed E-state index contributed by atoms with van der Waals surface area (Å²) in [6.07, 6.45) is 1.30. The monoisotopic (exact) mass is 351 g/mol. The summed E-state index contributed by atoms with van der Waals surface area (Å²) >= 11 is 0. The second kappa shape index (κ2) is 7.39. The smallest absolute Gasteiger partial charge is 0.260 e. The molecule has 0 atom stereocenters. The van der Waals surface area contributed by atoms with Crippen LogP contribution in [-0.2, 0) is 4.79 Å². The van der Waals surface area contributed by atoms with Gasteiger partial charge in [0.05, 0.1) is 0 Å². The van der Waals surface area contributed by atoms with Crippen molar-refractivity contribution in [3.8, 4) is 0 Å². The number of rotatable bonds is 5. The molecule has 0 aliphatic carbocycles. The number of nitrogens with two attached hydrogens (primary N) is 1. The van der Waals surface area contributed by atoms with E-state index < -0.39 is 5.91 Å². The third kappa shape index (κ3) is 3.59. The van der Waals surface area contributed by atoms with Gasteiger partial charge in [-0.2, -0.15) is 0 Å². The van der Waals surface area contributed by atoms with E-state index in [1.807, 2.05) is 25.1 Å². The minimum atomic E-state index is -0.525. The van der Waals surface area contributed by atoms with E-state index in [0.29, 0.717) is 29.8 Å². The number of hydrogen-bond acceptors (Lipinski definition) is 3. The molecule has 6 nitrogen and oxygen atoms in total. The summed E-state index contributed by atoms with van der Waals surface area (Å²) in [5.41, 5.74) is 7.72. The van der Waals surface area contributed by atoms with E-state index in [1.54, 1.807) is 40.1 Å². The first kappa shape index (κ1) is 17.7. The maximum absolute atomic E-state index is 13.2.